The van der Waals surface area contributed by atoms with Gasteiger partial charge >= 0.3 is 0 Å². The third kappa shape index (κ3) is 2.77. The lowest BCUT2D eigenvalue weighted by molar-refractivity contribution is 0.792. The number of nitrogens with one attached hydrogen (secondary N) is 1. The van der Waals surface area contributed by atoms with Crippen LogP contribution in [0.5, 0.6) is 0 Å². The summed E-state index contributed by atoms with van der Waals surface area (Å²) in [7, 11) is 1.94. The lowest BCUT2D eigenvalue weighted by Crippen LogP contribution is -2.10. The van der Waals surface area contributed by atoms with Gasteiger partial charge in [0, 0.05) is 4.47 Å². The second-order valence-corrected chi connectivity index (χ2v) is 3.86. The highest BCUT2D eigenvalue weighted by molar-refractivity contribution is 9.10. The van der Waals surface area contributed by atoms with Crippen LogP contribution in [0.3, 0.4) is 0 Å². The largest absolute Gasteiger partial charge is 0.319 e. The van der Waals surface area contributed by atoms with E-state index in [0.717, 1.165) is 22.5 Å². The minimum absolute atomic E-state index is 0.781. The van der Waals surface area contributed by atoms with E-state index < -0.39 is 0 Å². The highest BCUT2D eigenvalue weighted by Gasteiger charge is 1.97. The second-order valence-electron chi connectivity index (χ2n) is 2.60. The summed E-state index contributed by atoms with van der Waals surface area (Å²) in [6, 6.07) is 6.05. The molecule has 0 atom stereocenters. The zero-order valence-electron chi connectivity index (χ0n) is 6.90. The maximum atomic E-state index is 5.93. The molecule has 0 aliphatic rings. The van der Waals surface area contributed by atoms with Gasteiger partial charge in [-0.3, -0.25) is 0 Å². The summed E-state index contributed by atoms with van der Waals surface area (Å²) in [5.41, 5.74) is 1.26. The molecule has 0 bridgehead atoms. The maximum absolute atomic E-state index is 5.93. The predicted molar refractivity (Wildman–Crippen MR) is 56.8 cm³/mol. The van der Waals surface area contributed by atoms with Crippen molar-refractivity contribution in [1.82, 2.24) is 5.32 Å². The first-order valence-corrected chi connectivity index (χ1v) is 4.99. The fraction of sp³-hybridized carbons (Fsp3) is 0.333. The van der Waals surface area contributed by atoms with Crippen molar-refractivity contribution in [1.29, 1.82) is 0 Å². The van der Waals surface area contributed by atoms with Crippen molar-refractivity contribution in [3.63, 3.8) is 0 Å². The first-order valence-electron chi connectivity index (χ1n) is 3.82. The molecule has 0 radical (unpaired) electrons. The molecule has 0 aliphatic heterocycles. The Kier molecular flexibility index (Phi) is 4.06. The van der Waals surface area contributed by atoms with E-state index in [1.807, 2.05) is 19.2 Å². The van der Waals surface area contributed by atoms with Crippen molar-refractivity contribution in [3.05, 3.63) is 33.3 Å². The van der Waals surface area contributed by atoms with Crippen molar-refractivity contribution in [3.8, 4) is 0 Å². The van der Waals surface area contributed by atoms with Crippen molar-refractivity contribution in [2.75, 3.05) is 13.6 Å². The van der Waals surface area contributed by atoms with Crippen molar-refractivity contribution < 1.29 is 0 Å². The standard InChI is InChI=1S/C9H11BrClN/c1-12-5-4-7-2-3-8(10)9(11)6-7/h2-3,6,12H,4-5H2,1H3. The van der Waals surface area contributed by atoms with Crippen molar-refractivity contribution >= 4 is 27.5 Å². The third-order valence-electron chi connectivity index (χ3n) is 1.65. The van der Waals surface area contributed by atoms with Crippen LogP contribution in [-0.4, -0.2) is 13.6 Å². The maximum Gasteiger partial charge on any atom is 0.0550 e. The quantitative estimate of drug-likeness (QED) is 0.867. The average molecular weight is 249 g/mol. The molecule has 1 nitrogen and oxygen atoms in total. The third-order valence-corrected chi connectivity index (χ3v) is 2.88. The normalized spacial score (nSPS) is 10.2. The van der Waals surface area contributed by atoms with Gasteiger partial charge in [0.25, 0.3) is 0 Å². The first-order chi connectivity index (χ1) is 5.74. The molecule has 0 saturated heterocycles. The van der Waals surface area contributed by atoms with Crippen LogP contribution in [0.15, 0.2) is 22.7 Å². The Labute approximate surface area is 86.2 Å². The molecule has 0 unspecified atom stereocenters. The fourth-order valence-corrected chi connectivity index (χ4v) is 1.41. The van der Waals surface area contributed by atoms with Gasteiger partial charge in [-0.15, -0.1) is 0 Å². The van der Waals surface area contributed by atoms with E-state index in [4.69, 9.17) is 11.6 Å². The number of likely N-dealkylation sites (N-methyl/N-ethyl adjacent to an activating group) is 1. The minimum atomic E-state index is 0.781. The van der Waals surface area contributed by atoms with Gasteiger partial charge in [-0.1, -0.05) is 17.7 Å². The summed E-state index contributed by atoms with van der Waals surface area (Å²) in [5.74, 6) is 0. The zero-order chi connectivity index (χ0) is 8.97. The highest BCUT2D eigenvalue weighted by Crippen LogP contribution is 2.23. The zero-order valence-corrected chi connectivity index (χ0v) is 9.24. The summed E-state index contributed by atoms with van der Waals surface area (Å²) in [4.78, 5) is 0. The smallest absolute Gasteiger partial charge is 0.0550 e. The van der Waals surface area contributed by atoms with Crippen LogP contribution in [0.4, 0.5) is 0 Å². The summed E-state index contributed by atoms with van der Waals surface area (Å²) >= 11 is 9.28. The van der Waals surface area contributed by atoms with Gasteiger partial charge in [-0.05, 0) is 53.6 Å². The van der Waals surface area contributed by atoms with Gasteiger partial charge < -0.3 is 5.32 Å². The van der Waals surface area contributed by atoms with Crippen LogP contribution in [0.1, 0.15) is 5.56 Å². The molecule has 0 amide bonds. The number of hydrogen-bond donors (Lipinski definition) is 1. The lowest BCUT2D eigenvalue weighted by atomic mass is 10.1. The van der Waals surface area contributed by atoms with E-state index in [2.05, 4.69) is 27.3 Å². The monoisotopic (exact) mass is 247 g/mol. The lowest BCUT2D eigenvalue weighted by Gasteiger charge is -2.02. The topological polar surface area (TPSA) is 12.0 Å². The van der Waals surface area contributed by atoms with Gasteiger partial charge in [0.15, 0.2) is 0 Å². The molecule has 1 N–H and O–H groups in total. The number of benzene rings is 1. The second kappa shape index (κ2) is 4.85. The first kappa shape index (κ1) is 10.0. The van der Waals surface area contributed by atoms with E-state index in [-0.39, 0.29) is 0 Å². The van der Waals surface area contributed by atoms with Crippen LogP contribution >= 0.6 is 27.5 Å². The molecule has 0 aromatic heterocycles. The Morgan fingerprint density at radius 3 is 2.83 bits per heavy atom. The summed E-state index contributed by atoms with van der Waals surface area (Å²) in [6.07, 6.45) is 1.02. The van der Waals surface area contributed by atoms with Crippen molar-refractivity contribution in [2.45, 2.75) is 6.42 Å². The van der Waals surface area contributed by atoms with Crippen LogP contribution < -0.4 is 5.32 Å². The Bertz CT molecular complexity index is 263. The van der Waals surface area contributed by atoms with Crippen LogP contribution in [0.25, 0.3) is 0 Å². The van der Waals surface area contributed by atoms with Gasteiger partial charge in [-0.2, -0.15) is 0 Å². The molecular weight excluding hydrogens is 237 g/mol. The average Bonchev–Trinajstić information content (AvgIpc) is 2.07. The van der Waals surface area contributed by atoms with E-state index in [1.54, 1.807) is 0 Å². The molecule has 0 heterocycles. The van der Waals surface area contributed by atoms with E-state index in [0.29, 0.717) is 0 Å². The summed E-state index contributed by atoms with van der Waals surface area (Å²) in [5, 5.41) is 3.88. The van der Waals surface area contributed by atoms with E-state index >= 15 is 0 Å². The Morgan fingerprint density at radius 2 is 2.25 bits per heavy atom. The molecule has 3 heteroatoms. The SMILES string of the molecule is CNCCc1ccc(Br)c(Cl)c1. The van der Waals surface area contributed by atoms with E-state index in [9.17, 15) is 0 Å². The predicted octanol–water partition coefficient (Wildman–Crippen LogP) is 2.86. The number of hydrogen-bond acceptors (Lipinski definition) is 1. The molecular formula is C9H11BrClN. The van der Waals surface area contributed by atoms with Crippen LogP contribution in [-0.2, 0) is 6.42 Å². The van der Waals surface area contributed by atoms with Gasteiger partial charge in [0.1, 0.15) is 0 Å². The fourth-order valence-electron chi connectivity index (χ4n) is 0.964. The molecule has 12 heavy (non-hydrogen) atoms. The van der Waals surface area contributed by atoms with Gasteiger partial charge in [0.2, 0.25) is 0 Å². The van der Waals surface area contributed by atoms with Crippen LogP contribution in [0.2, 0.25) is 5.02 Å². The van der Waals surface area contributed by atoms with Crippen molar-refractivity contribution in [2.24, 2.45) is 0 Å². The molecule has 1 aromatic carbocycles. The summed E-state index contributed by atoms with van der Waals surface area (Å²) < 4.78 is 0.956. The molecule has 0 spiro atoms. The van der Waals surface area contributed by atoms with E-state index in [1.165, 1.54) is 5.56 Å². The molecule has 1 rings (SSSR count). The summed E-state index contributed by atoms with van der Waals surface area (Å²) in [6.45, 7) is 0.984. The van der Waals surface area contributed by atoms with Gasteiger partial charge in [-0.25, -0.2) is 0 Å². The highest BCUT2D eigenvalue weighted by atomic mass is 79.9. The Morgan fingerprint density at radius 1 is 1.50 bits per heavy atom. The molecule has 0 saturated carbocycles. The number of rotatable bonds is 3. The Hall–Kier alpha value is -0.0500. The van der Waals surface area contributed by atoms with Crippen LogP contribution in [0, 0.1) is 0 Å². The Balaban J connectivity index is 2.69. The molecule has 66 valence electrons. The molecule has 0 aliphatic carbocycles. The minimum Gasteiger partial charge on any atom is -0.319 e. The number of halogens is 2. The van der Waals surface area contributed by atoms with Gasteiger partial charge in [0.05, 0.1) is 5.02 Å². The molecule has 1 aromatic rings. The molecule has 0 fully saturated rings.